The molecule has 2 aromatic carbocycles. The van der Waals surface area contributed by atoms with Crippen LogP contribution in [-0.2, 0) is 42.7 Å². The molecule has 0 saturated carbocycles. The van der Waals surface area contributed by atoms with E-state index in [1.807, 2.05) is 0 Å². The van der Waals surface area contributed by atoms with E-state index in [-0.39, 0.29) is 0 Å². The van der Waals surface area contributed by atoms with Crippen LogP contribution in [0, 0.1) is 34.9 Å². The van der Waals surface area contributed by atoms with Crippen LogP contribution in [0.4, 0.5) is 26.3 Å². The Kier molecular flexibility index (Phi) is 7.88. The maximum atomic E-state index is 13.4. The fourth-order valence-corrected chi connectivity index (χ4v) is 5.75. The van der Waals surface area contributed by atoms with Crippen molar-refractivity contribution in [1.29, 1.82) is 0 Å². The molecule has 0 unspecified atom stereocenters. The molecule has 0 N–H and O–H groups in total. The summed E-state index contributed by atoms with van der Waals surface area (Å²) in [5.74, 6) is -8.45. The normalized spacial score (nSPS) is 10.1. The molecule has 0 heterocycles. The van der Waals surface area contributed by atoms with Crippen LogP contribution >= 0.6 is 0 Å². The predicted octanol–water partition coefficient (Wildman–Crippen LogP) is 3.96. The molecule has 0 saturated heterocycles. The number of rotatable bonds is 8. The van der Waals surface area contributed by atoms with E-state index in [0.717, 1.165) is 0 Å². The molecule has 0 bridgehead atoms. The van der Waals surface area contributed by atoms with Crippen molar-refractivity contribution < 1.29 is 76.1 Å². The van der Waals surface area contributed by atoms with Crippen LogP contribution in [-0.4, -0.2) is 7.12 Å². The van der Waals surface area contributed by atoms with Crippen molar-refractivity contribution in [3.05, 3.63) is 59.2 Å². The Balaban J connectivity index is 1.77. The van der Waals surface area contributed by atoms with Crippen LogP contribution in [0.5, 0.6) is 11.5 Å². The van der Waals surface area contributed by atoms with E-state index in [1.165, 1.54) is 6.82 Å². The number of hydrogen-bond donors (Lipinski definition) is 0. The Morgan fingerprint density at radius 3 is 1.27 bits per heavy atom. The minimum atomic E-state index is -2.41. The molecule has 0 amide bonds. The van der Waals surface area contributed by atoms with E-state index in [1.54, 1.807) is 0 Å². The summed E-state index contributed by atoms with van der Waals surface area (Å²) in [5.41, 5.74) is 0. The van der Waals surface area contributed by atoms with Gasteiger partial charge in [0.25, 0.3) is 0 Å². The molecule has 2 aromatic rings. The molecule has 0 fully saturated rings. The molecule has 132 valence electrons. The first-order valence-corrected chi connectivity index (χ1v) is 11.9. The van der Waals surface area contributed by atoms with Crippen LogP contribution in [0.15, 0.2) is 24.3 Å². The van der Waals surface area contributed by atoms with E-state index in [2.05, 4.69) is 0 Å². The van der Waals surface area contributed by atoms with Crippen molar-refractivity contribution >= 4 is 7.12 Å². The SMILES string of the molecule is CB([O][Zn][O]c1c(F)cc(F)cc1F)[O][Zn][O]c1c(F)cc(F)cc1F. The third-order valence-electron chi connectivity index (χ3n) is 2.94. The monoisotopic (exact) mass is 480 g/mol. The van der Waals surface area contributed by atoms with Crippen LogP contribution in [0.25, 0.3) is 0 Å². The Morgan fingerprint density at radius 1 is 0.654 bits per heavy atom. The zero-order chi connectivity index (χ0) is 19.3. The first-order chi connectivity index (χ1) is 12.3. The molecule has 2 rings (SSSR count). The third-order valence-corrected chi connectivity index (χ3v) is 7.18. The number of halogens is 6. The van der Waals surface area contributed by atoms with Crippen LogP contribution in [0.1, 0.15) is 0 Å². The topological polar surface area (TPSA) is 36.9 Å². The summed E-state index contributed by atoms with van der Waals surface area (Å²) in [6.45, 7) is 1.43. The van der Waals surface area contributed by atoms with E-state index in [0.29, 0.717) is 24.3 Å². The second-order valence-corrected chi connectivity index (χ2v) is 8.42. The Labute approximate surface area is 160 Å². The van der Waals surface area contributed by atoms with Gasteiger partial charge in [0.15, 0.2) is 0 Å². The van der Waals surface area contributed by atoms with Crippen molar-refractivity contribution in [3.8, 4) is 11.5 Å². The van der Waals surface area contributed by atoms with Gasteiger partial charge in [-0.05, 0) is 0 Å². The molecule has 13 heteroatoms. The summed E-state index contributed by atoms with van der Waals surface area (Å²) in [6.07, 6.45) is 0. The molecule has 0 aliphatic carbocycles. The van der Waals surface area contributed by atoms with Crippen molar-refractivity contribution in [3.63, 3.8) is 0 Å². The molecule has 0 aromatic heterocycles. The second kappa shape index (κ2) is 9.69. The third kappa shape index (κ3) is 5.94. The zero-order valence-electron chi connectivity index (χ0n) is 13.2. The Morgan fingerprint density at radius 2 is 0.962 bits per heavy atom. The fourth-order valence-electron chi connectivity index (χ4n) is 1.76. The van der Waals surface area contributed by atoms with Crippen LogP contribution in [0.3, 0.4) is 0 Å². The summed E-state index contributed by atoms with van der Waals surface area (Å²) in [5, 5.41) is 0. The fraction of sp³-hybridized carbons (Fsp3) is 0.0769. The summed E-state index contributed by atoms with van der Waals surface area (Å²) in [7, 11) is -0.895. The Hall–Kier alpha value is -1.15. The first-order valence-electron chi connectivity index (χ1n) is 7.05. The quantitative estimate of drug-likeness (QED) is 0.422. The summed E-state index contributed by atoms with van der Waals surface area (Å²) < 4.78 is 99.0. The van der Waals surface area contributed by atoms with E-state index >= 15 is 0 Å². The molecule has 26 heavy (non-hydrogen) atoms. The van der Waals surface area contributed by atoms with Gasteiger partial charge >= 0.3 is 161 Å². The maximum absolute atomic E-state index is 13.4. The molecule has 0 aliphatic rings. The minimum absolute atomic E-state index is 0.468. The van der Waals surface area contributed by atoms with E-state index < -0.39 is 89.2 Å². The van der Waals surface area contributed by atoms with Gasteiger partial charge in [-0.1, -0.05) is 0 Å². The average Bonchev–Trinajstić information content (AvgIpc) is 2.52. The Bertz CT molecular complexity index is 675. The average molecular weight is 483 g/mol. The van der Waals surface area contributed by atoms with Gasteiger partial charge in [0.2, 0.25) is 0 Å². The van der Waals surface area contributed by atoms with Crippen LogP contribution < -0.4 is 7.13 Å². The van der Waals surface area contributed by atoms with Gasteiger partial charge in [0.05, 0.1) is 0 Å². The summed E-state index contributed by atoms with van der Waals surface area (Å²) in [6, 6.07) is 1.87. The molecule has 0 aliphatic heterocycles. The molecular formula is C13H7BF6O4Zn2. The van der Waals surface area contributed by atoms with E-state index in [4.69, 9.17) is 14.1 Å². The van der Waals surface area contributed by atoms with Crippen molar-refractivity contribution in [2.75, 3.05) is 0 Å². The predicted molar refractivity (Wildman–Crippen MR) is 67.7 cm³/mol. The van der Waals surface area contributed by atoms with Gasteiger partial charge in [-0.3, -0.25) is 0 Å². The molecular weight excluding hydrogens is 476 g/mol. The van der Waals surface area contributed by atoms with Gasteiger partial charge in [0.1, 0.15) is 0 Å². The van der Waals surface area contributed by atoms with Gasteiger partial charge in [-0.15, -0.1) is 0 Å². The second-order valence-electron chi connectivity index (χ2n) is 4.82. The zero-order valence-corrected chi connectivity index (χ0v) is 19.1. The van der Waals surface area contributed by atoms with Gasteiger partial charge in [-0.2, -0.15) is 0 Å². The van der Waals surface area contributed by atoms with Crippen molar-refractivity contribution in [2.45, 2.75) is 6.82 Å². The standard InChI is InChI=1S/2C6H3F3O.CH3BO2.2Zn/c2*7-3-1-4(8)6(10)5(9)2-3;1-2(3)4;;/h2*1-2,10H;1H3;;/q;;-2;2*+2/p-2. The van der Waals surface area contributed by atoms with Gasteiger partial charge in [-0.25, -0.2) is 0 Å². The summed E-state index contributed by atoms with van der Waals surface area (Å²) in [4.78, 5) is 0. The molecule has 4 nitrogen and oxygen atoms in total. The van der Waals surface area contributed by atoms with Crippen molar-refractivity contribution in [2.24, 2.45) is 0 Å². The summed E-state index contributed by atoms with van der Waals surface area (Å²) >= 11 is -4.82. The van der Waals surface area contributed by atoms with Crippen LogP contribution in [0.2, 0.25) is 6.82 Å². The molecule has 0 radical (unpaired) electrons. The van der Waals surface area contributed by atoms with Gasteiger partial charge < -0.3 is 0 Å². The number of hydrogen-bond acceptors (Lipinski definition) is 4. The van der Waals surface area contributed by atoms with Crippen molar-refractivity contribution in [1.82, 2.24) is 0 Å². The molecule has 0 spiro atoms. The van der Waals surface area contributed by atoms with E-state index in [9.17, 15) is 26.3 Å². The number of benzene rings is 2. The first kappa shape index (κ1) is 21.2. The molecule has 0 atom stereocenters. The van der Waals surface area contributed by atoms with Gasteiger partial charge in [0, 0.05) is 0 Å².